The number of hydrogen-bond donors (Lipinski definition) is 0. The summed E-state index contributed by atoms with van der Waals surface area (Å²) in [4.78, 5) is 65.7. The number of allylic oxidation sites excluding steroid dienone is 2. The van der Waals surface area contributed by atoms with Gasteiger partial charge in [0.1, 0.15) is 12.3 Å². The Kier molecular flexibility index (Phi) is 7.38. The van der Waals surface area contributed by atoms with Gasteiger partial charge in [-0.1, -0.05) is 42.0 Å². The Morgan fingerprint density at radius 2 is 1.33 bits per heavy atom. The van der Waals surface area contributed by atoms with Gasteiger partial charge in [0, 0.05) is 16.1 Å². The highest BCUT2D eigenvalue weighted by molar-refractivity contribution is 6.30. The summed E-state index contributed by atoms with van der Waals surface area (Å²) in [6.45, 7) is -0.547. The number of esters is 1. The van der Waals surface area contributed by atoms with E-state index in [1.54, 1.807) is 30.3 Å². The van der Waals surface area contributed by atoms with Crippen molar-refractivity contribution < 1.29 is 28.7 Å². The number of hydrogen-bond acceptors (Lipinski definition) is 6. The monoisotopic (exact) mass is 542 g/mol. The minimum Gasteiger partial charge on any atom is -0.423 e. The van der Waals surface area contributed by atoms with Crippen molar-refractivity contribution >= 4 is 41.1 Å². The Labute approximate surface area is 229 Å². The van der Waals surface area contributed by atoms with Gasteiger partial charge in [0.05, 0.1) is 17.4 Å². The van der Waals surface area contributed by atoms with Crippen LogP contribution in [-0.2, 0) is 9.59 Å². The van der Waals surface area contributed by atoms with Crippen LogP contribution in [0.25, 0.3) is 0 Å². The van der Waals surface area contributed by atoms with E-state index in [1.165, 1.54) is 48.5 Å². The summed E-state index contributed by atoms with van der Waals surface area (Å²) in [5.74, 6) is -3.66. The Balaban J connectivity index is 1.37. The van der Waals surface area contributed by atoms with Gasteiger partial charge in [-0.15, -0.1) is 0 Å². The van der Waals surface area contributed by atoms with Crippen molar-refractivity contribution in [3.63, 3.8) is 0 Å². The zero-order valence-electron chi connectivity index (χ0n) is 20.7. The van der Waals surface area contributed by atoms with Gasteiger partial charge in [-0.05, 0) is 73.5 Å². The molecule has 2 atom stereocenters. The van der Waals surface area contributed by atoms with Crippen molar-refractivity contribution in [2.45, 2.75) is 12.8 Å². The average Bonchev–Trinajstić information content (AvgIpc) is 3.22. The molecule has 1 aliphatic carbocycles. The summed E-state index contributed by atoms with van der Waals surface area (Å²) >= 11 is 5.96. The van der Waals surface area contributed by atoms with E-state index < -0.39 is 47.9 Å². The highest BCUT2D eigenvalue weighted by Crippen LogP contribution is 2.36. The third-order valence-corrected chi connectivity index (χ3v) is 6.99. The van der Waals surface area contributed by atoms with Crippen LogP contribution >= 0.6 is 11.6 Å². The average molecular weight is 543 g/mol. The molecule has 8 nitrogen and oxygen atoms in total. The number of halogens is 1. The second kappa shape index (κ2) is 11.0. The molecule has 2 aliphatic rings. The van der Waals surface area contributed by atoms with Crippen LogP contribution in [0, 0.1) is 11.8 Å². The van der Waals surface area contributed by atoms with Gasteiger partial charge < -0.3 is 4.74 Å². The Bertz CT molecular complexity index is 1440. The number of carbonyl (C=O) groups excluding carboxylic acids is 5. The van der Waals surface area contributed by atoms with Crippen LogP contribution in [0.5, 0.6) is 5.75 Å². The fourth-order valence-corrected chi connectivity index (χ4v) is 4.80. The van der Waals surface area contributed by atoms with Crippen molar-refractivity contribution in [1.29, 1.82) is 0 Å². The first kappa shape index (κ1) is 26.1. The molecule has 9 heteroatoms. The second-order valence-corrected chi connectivity index (χ2v) is 9.65. The summed E-state index contributed by atoms with van der Waals surface area (Å²) in [5, 5.41) is 2.15. The molecule has 0 spiro atoms. The van der Waals surface area contributed by atoms with E-state index in [9.17, 15) is 24.0 Å². The van der Waals surface area contributed by atoms with Crippen LogP contribution < -0.4 is 4.74 Å². The summed E-state index contributed by atoms with van der Waals surface area (Å²) in [6.07, 6.45) is 4.48. The molecule has 196 valence electrons. The summed E-state index contributed by atoms with van der Waals surface area (Å²) in [7, 11) is 0. The maximum absolute atomic E-state index is 13.5. The van der Waals surface area contributed by atoms with E-state index in [-0.39, 0.29) is 16.9 Å². The van der Waals surface area contributed by atoms with Gasteiger partial charge in [-0.25, -0.2) is 9.80 Å². The molecule has 1 heterocycles. The number of fused-ring (bicyclic) bond motifs is 1. The lowest BCUT2D eigenvalue weighted by Crippen LogP contribution is -2.52. The van der Waals surface area contributed by atoms with E-state index in [0.717, 1.165) is 10.0 Å². The normalized spacial score (nSPS) is 18.0. The largest absolute Gasteiger partial charge is 0.423 e. The summed E-state index contributed by atoms with van der Waals surface area (Å²) in [5.41, 5.74) is 0.760. The smallest absolute Gasteiger partial charge is 0.343 e. The van der Waals surface area contributed by atoms with Crippen molar-refractivity contribution in [2.24, 2.45) is 11.8 Å². The van der Waals surface area contributed by atoms with Gasteiger partial charge in [0.2, 0.25) is 0 Å². The summed E-state index contributed by atoms with van der Waals surface area (Å²) < 4.78 is 5.36. The van der Waals surface area contributed by atoms with Gasteiger partial charge >= 0.3 is 5.97 Å². The molecule has 1 saturated heterocycles. The lowest BCUT2D eigenvalue weighted by molar-refractivity contribution is -0.154. The van der Waals surface area contributed by atoms with Crippen molar-refractivity contribution in [1.82, 2.24) is 10.0 Å². The minimum atomic E-state index is -0.679. The van der Waals surface area contributed by atoms with Gasteiger partial charge in [0.25, 0.3) is 17.7 Å². The quantitative estimate of drug-likeness (QED) is 0.140. The fraction of sp³-hybridized carbons (Fsp3) is 0.167. The zero-order valence-corrected chi connectivity index (χ0v) is 21.4. The molecule has 3 aromatic carbocycles. The molecular weight excluding hydrogens is 520 g/mol. The molecule has 5 rings (SSSR count). The van der Waals surface area contributed by atoms with Crippen LogP contribution in [0.4, 0.5) is 0 Å². The van der Waals surface area contributed by atoms with Crippen LogP contribution in [0.15, 0.2) is 91.0 Å². The maximum Gasteiger partial charge on any atom is 0.343 e. The number of hydrazine groups is 1. The SMILES string of the molecule is O=C(CN(C(=O)c1ccc(Cl)cc1)N1C(=O)[C@@H]2CC=CC[C@H]2C1=O)c1ccc(OC(=O)c2ccccc2)cc1. The fourth-order valence-electron chi connectivity index (χ4n) is 4.67. The third-order valence-electron chi connectivity index (χ3n) is 6.74. The Morgan fingerprint density at radius 1 is 0.769 bits per heavy atom. The number of amides is 3. The first-order valence-electron chi connectivity index (χ1n) is 12.3. The Morgan fingerprint density at radius 3 is 1.92 bits per heavy atom. The second-order valence-electron chi connectivity index (χ2n) is 9.22. The lowest BCUT2D eigenvalue weighted by atomic mass is 9.85. The minimum absolute atomic E-state index is 0.170. The molecule has 0 radical (unpaired) electrons. The topological polar surface area (TPSA) is 101 Å². The Hall–Kier alpha value is -4.56. The van der Waals surface area contributed by atoms with Gasteiger partial charge in [0.15, 0.2) is 5.78 Å². The van der Waals surface area contributed by atoms with Crippen LogP contribution in [0.1, 0.15) is 43.9 Å². The molecular formula is C30H23ClN2O6. The highest BCUT2D eigenvalue weighted by atomic mass is 35.5. The number of carbonyl (C=O) groups is 5. The molecule has 0 bridgehead atoms. The number of rotatable bonds is 7. The van der Waals surface area contributed by atoms with Crippen molar-refractivity contribution in [2.75, 3.05) is 6.54 Å². The van der Waals surface area contributed by atoms with Gasteiger partial charge in [-0.3, -0.25) is 19.2 Å². The first-order chi connectivity index (χ1) is 18.8. The predicted molar refractivity (Wildman–Crippen MR) is 142 cm³/mol. The molecule has 1 fully saturated rings. The van der Waals surface area contributed by atoms with E-state index >= 15 is 0 Å². The van der Waals surface area contributed by atoms with Crippen molar-refractivity contribution in [3.8, 4) is 5.75 Å². The predicted octanol–water partition coefficient (Wildman–Crippen LogP) is 4.75. The van der Waals surface area contributed by atoms with Crippen LogP contribution in [-0.4, -0.2) is 46.0 Å². The van der Waals surface area contributed by atoms with E-state index in [0.29, 0.717) is 23.4 Å². The molecule has 3 amide bonds. The molecule has 3 aromatic rings. The van der Waals surface area contributed by atoms with E-state index in [1.807, 2.05) is 12.2 Å². The molecule has 0 saturated carbocycles. The van der Waals surface area contributed by atoms with Crippen molar-refractivity contribution in [3.05, 3.63) is 113 Å². The molecule has 1 aliphatic heterocycles. The zero-order chi connectivity index (χ0) is 27.5. The van der Waals surface area contributed by atoms with E-state index in [2.05, 4.69) is 0 Å². The lowest BCUT2D eigenvalue weighted by Gasteiger charge is -2.30. The van der Waals surface area contributed by atoms with Crippen LogP contribution in [0.3, 0.4) is 0 Å². The van der Waals surface area contributed by atoms with Crippen LogP contribution in [0.2, 0.25) is 5.02 Å². The molecule has 39 heavy (non-hydrogen) atoms. The molecule has 0 N–H and O–H groups in total. The number of Topliss-reactive ketones (excluding diaryl/α,β-unsaturated/α-hetero) is 1. The molecule has 0 unspecified atom stereocenters. The highest BCUT2D eigenvalue weighted by Gasteiger charge is 2.51. The number of benzene rings is 3. The first-order valence-corrected chi connectivity index (χ1v) is 12.7. The van der Waals surface area contributed by atoms with Gasteiger partial charge in [-0.2, -0.15) is 5.01 Å². The number of imide groups is 1. The number of ether oxygens (including phenoxy) is 1. The number of ketones is 1. The summed E-state index contributed by atoms with van der Waals surface area (Å²) in [6, 6.07) is 20.3. The third kappa shape index (κ3) is 5.37. The number of nitrogens with zero attached hydrogens (tertiary/aromatic N) is 2. The maximum atomic E-state index is 13.5. The standard InChI is InChI=1S/C30H23ClN2O6/c31-22-14-10-20(11-15-22)27(35)32(33-28(36)24-8-4-5-9-25(24)29(33)37)18-26(34)19-12-16-23(17-13-19)39-30(38)21-6-2-1-3-7-21/h1-7,10-17,24-25H,8-9,18H2/t24-,25-/m1/s1. The van der Waals surface area contributed by atoms with E-state index in [4.69, 9.17) is 16.3 Å². The molecule has 0 aromatic heterocycles.